The number of hydrogen-bond acceptors (Lipinski definition) is 4. The Hall–Kier alpha value is -2.86. The van der Waals surface area contributed by atoms with Crippen LogP contribution in [0.3, 0.4) is 0 Å². The Bertz CT molecular complexity index is 931. The lowest BCUT2D eigenvalue weighted by molar-refractivity contribution is 0.102. The Kier molecular flexibility index (Phi) is 5.23. The summed E-state index contributed by atoms with van der Waals surface area (Å²) in [5.74, 6) is 0.598. The van der Waals surface area contributed by atoms with Gasteiger partial charge in [-0.05, 0) is 44.6 Å². The van der Waals surface area contributed by atoms with E-state index in [0.29, 0.717) is 5.56 Å². The van der Waals surface area contributed by atoms with Crippen molar-refractivity contribution in [2.75, 3.05) is 33.1 Å². The fourth-order valence-corrected chi connectivity index (χ4v) is 2.87. The highest BCUT2D eigenvalue weighted by Gasteiger charge is 2.15. The molecule has 0 aliphatic rings. The molecule has 0 atom stereocenters. The minimum Gasteiger partial charge on any atom is -0.497 e. The molecule has 0 spiro atoms. The van der Waals surface area contributed by atoms with Gasteiger partial charge in [-0.15, -0.1) is 0 Å². The molecule has 0 unspecified atom stereocenters. The molecule has 0 fully saturated rings. The maximum Gasteiger partial charge on any atom is 0.259 e. The van der Waals surface area contributed by atoms with Crippen molar-refractivity contribution in [3.05, 3.63) is 53.9 Å². The van der Waals surface area contributed by atoms with E-state index in [9.17, 15) is 4.79 Å². The number of anilines is 1. The second-order valence-corrected chi connectivity index (χ2v) is 6.52. The van der Waals surface area contributed by atoms with Crippen LogP contribution >= 0.6 is 0 Å². The minimum absolute atomic E-state index is 0.158. The van der Waals surface area contributed by atoms with Crippen molar-refractivity contribution in [1.29, 1.82) is 0 Å². The number of rotatable bonds is 6. The molecule has 0 aliphatic carbocycles. The Morgan fingerprint density at radius 3 is 2.81 bits per heavy atom. The third-order valence-electron chi connectivity index (χ3n) is 4.44. The van der Waals surface area contributed by atoms with E-state index in [1.54, 1.807) is 13.3 Å². The van der Waals surface area contributed by atoms with Crippen LogP contribution in [0.5, 0.6) is 5.75 Å². The normalized spacial score (nSPS) is 11.1. The largest absolute Gasteiger partial charge is 0.497 e. The first-order chi connectivity index (χ1) is 12.5. The van der Waals surface area contributed by atoms with Crippen molar-refractivity contribution >= 4 is 22.4 Å². The highest BCUT2D eigenvalue weighted by Crippen LogP contribution is 2.28. The zero-order chi connectivity index (χ0) is 18.7. The van der Waals surface area contributed by atoms with Gasteiger partial charge >= 0.3 is 0 Å². The van der Waals surface area contributed by atoms with Crippen molar-refractivity contribution in [2.45, 2.75) is 13.5 Å². The highest BCUT2D eigenvalue weighted by molar-refractivity contribution is 6.09. The number of carbonyl (C=O) groups is 1. The first-order valence-electron chi connectivity index (χ1n) is 8.55. The number of likely N-dealkylation sites (N-methyl/N-ethyl adjacent to an activating group) is 1. The van der Waals surface area contributed by atoms with Crippen molar-refractivity contribution in [1.82, 2.24) is 14.7 Å². The fraction of sp³-hybridized carbons (Fsp3) is 0.300. The molecular weight excluding hydrogens is 328 g/mol. The van der Waals surface area contributed by atoms with Crippen LogP contribution in [-0.2, 0) is 6.54 Å². The van der Waals surface area contributed by atoms with Gasteiger partial charge in [-0.25, -0.2) is 0 Å². The predicted molar refractivity (Wildman–Crippen MR) is 104 cm³/mol. The van der Waals surface area contributed by atoms with Crippen molar-refractivity contribution in [3.8, 4) is 5.75 Å². The number of nitrogens with one attached hydrogen (secondary N) is 1. The van der Waals surface area contributed by atoms with Crippen LogP contribution in [0.1, 0.15) is 16.1 Å². The van der Waals surface area contributed by atoms with Gasteiger partial charge in [-0.1, -0.05) is 18.2 Å². The van der Waals surface area contributed by atoms with Crippen LogP contribution in [0.25, 0.3) is 10.8 Å². The molecule has 1 N–H and O–H groups in total. The number of ether oxygens (including phenoxy) is 1. The molecule has 6 nitrogen and oxygen atoms in total. The Morgan fingerprint density at radius 1 is 1.27 bits per heavy atom. The van der Waals surface area contributed by atoms with Crippen LogP contribution in [-0.4, -0.2) is 48.3 Å². The van der Waals surface area contributed by atoms with E-state index in [1.807, 2.05) is 62.1 Å². The molecule has 6 heteroatoms. The van der Waals surface area contributed by atoms with Gasteiger partial charge in [0.05, 0.1) is 25.4 Å². The monoisotopic (exact) mass is 352 g/mol. The van der Waals surface area contributed by atoms with E-state index in [1.165, 1.54) is 0 Å². The number of hydrogen-bond donors (Lipinski definition) is 1. The minimum atomic E-state index is -0.158. The van der Waals surface area contributed by atoms with E-state index in [4.69, 9.17) is 4.74 Å². The standard InChI is InChI=1S/C20H24N4O2/c1-14-18(13-21-24(14)11-10-23(2)3)20(25)22-19-7-5-6-15-8-9-16(26-4)12-17(15)19/h5-9,12-13H,10-11H2,1-4H3,(H,22,25). The van der Waals surface area contributed by atoms with Crippen LogP contribution in [0.15, 0.2) is 42.6 Å². The lowest BCUT2D eigenvalue weighted by atomic mass is 10.1. The van der Waals surface area contributed by atoms with Crippen molar-refractivity contribution in [2.24, 2.45) is 0 Å². The molecule has 0 aliphatic heterocycles. The third kappa shape index (κ3) is 3.70. The molecule has 1 heterocycles. The highest BCUT2D eigenvalue weighted by atomic mass is 16.5. The van der Waals surface area contributed by atoms with Crippen LogP contribution in [0, 0.1) is 6.92 Å². The number of carbonyl (C=O) groups excluding carboxylic acids is 1. The first kappa shape index (κ1) is 17.9. The maximum absolute atomic E-state index is 12.8. The Morgan fingerprint density at radius 2 is 2.08 bits per heavy atom. The summed E-state index contributed by atoms with van der Waals surface area (Å²) >= 11 is 0. The summed E-state index contributed by atoms with van der Waals surface area (Å²) in [4.78, 5) is 14.9. The molecule has 0 saturated carbocycles. The smallest absolute Gasteiger partial charge is 0.259 e. The zero-order valence-electron chi connectivity index (χ0n) is 15.6. The summed E-state index contributed by atoms with van der Waals surface area (Å²) < 4.78 is 7.17. The van der Waals surface area contributed by atoms with Gasteiger partial charge in [-0.2, -0.15) is 5.10 Å². The maximum atomic E-state index is 12.8. The van der Waals surface area contributed by atoms with Gasteiger partial charge in [0.15, 0.2) is 0 Å². The van der Waals surface area contributed by atoms with Gasteiger partial charge in [0.1, 0.15) is 5.75 Å². The van der Waals surface area contributed by atoms with Crippen LogP contribution in [0.2, 0.25) is 0 Å². The lowest BCUT2D eigenvalue weighted by Gasteiger charge is -2.12. The molecule has 3 aromatic rings. The average Bonchev–Trinajstić information content (AvgIpc) is 3.00. The molecular formula is C20H24N4O2. The SMILES string of the molecule is COc1ccc2cccc(NC(=O)c3cnn(CCN(C)C)c3C)c2c1. The molecule has 26 heavy (non-hydrogen) atoms. The second-order valence-electron chi connectivity index (χ2n) is 6.52. The second kappa shape index (κ2) is 7.58. The molecule has 0 bridgehead atoms. The van der Waals surface area contributed by atoms with Crippen molar-refractivity contribution < 1.29 is 9.53 Å². The first-order valence-corrected chi connectivity index (χ1v) is 8.55. The van der Waals surface area contributed by atoms with Gasteiger partial charge in [0.25, 0.3) is 5.91 Å². The van der Waals surface area contributed by atoms with Gasteiger partial charge in [0, 0.05) is 23.3 Å². The van der Waals surface area contributed by atoms with Gasteiger partial charge < -0.3 is 15.0 Å². The average molecular weight is 352 g/mol. The van der Waals surface area contributed by atoms with E-state index < -0.39 is 0 Å². The van der Waals surface area contributed by atoms with Crippen molar-refractivity contribution in [3.63, 3.8) is 0 Å². The molecule has 3 rings (SSSR count). The molecule has 0 radical (unpaired) electrons. The molecule has 136 valence electrons. The summed E-state index contributed by atoms with van der Waals surface area (Å²) in [6, 6.07) is 11.7. The van der Waals surface area contributed by atoms with Gasteiger partial charge in [-0.3, -0.25) is 9.48 Å². The summed E-state index contributed by atoms with van der Waals surface area (Å²) in [5.41, 5.74) is 2.21. The lowest BCUT2D eigenvalue weighted by Crippen LogP contribution is -2.20. The number of aromatic nitrogens is 2. The molecule has 1 aromatic heterocycles. The molecule has 2 aromatic carbocycles. The summed E-state index contributed by atoms with van der Waals surface area (Å²) in [7, 11) is 5.66. The number of amides is 1. The number of benzene rings is 2. The van der Waals surface area contributed by atoms with E-state index in [-0.39, 0.29) is 5.91 Å². The van der Waals surface area contributed by atoms with E-state index >= 15 is 0 Å². The Balaban J connectivity index is 1.85. The summed E-state index contributed by atoms with van der Waals surface area (Å²) in [6.07, 6.45) is 1.63. The predicted octanol–water partition coefficient (Wildman–Crippen LogP) is 3.17. The Labute approximate surface area is 153 Å². The quantitative estimate of drug-likeness (QED) is 0.740. The van der Waals surface area contributed by atoms with E-state index in [0.717, 1.165) is 41.0 Å². The topological polar surface area (TPSA) is 59.4 Å². The van der Waals surface area contributed by atoms with Crippen LogP contribution < -0.4 is 10.1 Å². The van der Waals surface area contributed by atoms with Gasteiger partial charge in [0.2, 0.25) is 0 Å². The zero-order valence-corrected chi connectivity index (χ0v) is 15.6. The van der Waals surface area contributed by atoms with E-state index in [2.05, 4.69) is 15.3 Å². The summed E-state index contributed by atoms with van der Waals surface area (Å²) in [5, 5.41) is 9.35. The molecule has 1 amide bonds. The fourth-order valence-electron chi connectivity index (χ4n) is 2.87. The van der Waals surface area contributed by atoms with Crippen LogP contribution in [0.4, 0.5) is 5.69 Å². The number of fused-ring (bicyclic) bond motifs is 1. The third-order valence-corrected chi connectivity index (χ3v) is 4.44. The summed E-state index contributed by atoms with van der Waals surface area (Å²) in [6.45, 7) is 3.54. The number of methoxy groups -OCH3 is 1. The number of nitrogens with zero attached hydrogens (tertiary/aromatic N) is 3. The molecule has 0 saturated heterocycles.